The molecule has 0 spiro atoms. The fraction of sp³-hybridized carbons (Fsp3) is 0.889. The molecular formula is C9H17ClN2O4S. The Morgan fingerprint density at radius 1 is 1.29 bits per heavy atom. The van der Waals surface area contributed by atoms with E-state index < -0.39 is 16.3 Å². The normalized spacial score (nSPS) is 26.0. The maximum Gasteiger partial charge on any atom is 0.421 e. The van der Waals surface area contributed by atoms with E-state index in [1.165, 1.54) is 0 Å². The number of hydrogen-bond acceptors (Lipinski definition) is 4. The van der Waals surface area contributed by atoms with Crippen LogP contribution in [0.15, 0.2) is 0 Å². The van der Waals surface area contributed by atoms with Gasteiger partial charge in [-0.1, -0.05) is 19.3 Å². The molecule has 0 bridgehead atoms. The summed E-state index contributed by atoms with van der Waals surface area (Å²) in [7, 11) is -2.80. The number of carbonyl (C=O) groups is 1. The number of rotatable bonds is 3. The van der Waals surface area contributed by atoms with Gasteiger partial charge < -0.3 is 4.74 Å². The van der Waals surface area contributed by atoms with E-state index in [0.29, 0.717) is 6.42 Å². The second-order valence-electron chi connectivity index (χ2n) is 3.98. The van der Waals surface area contributed by atoms with Crippen LogP contribution in [0.2, 0.25) is 0 Å². The van der Waals surface area contributed by atoms with Crippen molar-refractivity contribution in [2.75, 3.05) is 7.11 Å². The number of amides is 1. The monoisotopic (exact) mass is 284 g/mol. The van der Waals surface area contributed by atoms with Gasteiger partial charge in [0.1, 0.15) is 0 Å². The van der Waals surface area contributed by atoms with E-state index >= 15 is 0 Å². The zero-order valence-corrected chi connectivity index (χ0v) is 11.2. The van der Waals surface area contributed by atoms with Crippen molar-refractivity contribution in [1.82, 2.24) is 9.44 Å². The second-order valence-corrected chi connectivity index (χ2v) is 5.98. The first-order chi connectivity index (χ1) is 7.94. The van der Waals surface area contributed by atoms with Crippen molar-refractivity contribution < 1.29 is 17.9 Å². The van der Waals surface area contributed by atoms with Gasteiger partial charge >= 0.3 is 16.3 Å². The highest BCUT2D eigenvalue weighted by Gasteiger charge is 2.27. The van der Waals surface area contributed by atoms with Crippen LogP contribution >= 0.6 is 11.6 Å². The summed E-state index contributed by atoms with van der Waals surface area (Å²) < 4.78 is 31.4. The quantitative estimate of drug-likeness (QED) is 0.601. The fourth-order valence-electron chi connectivity index (χ4n) is 1.78. The molecular weight excluding hydrogens is 268 g/mol. The van der Waals surface area contributed by atoms with Gasteiger partial charge in [-0.2, -0.15) is 13.1 Å². The number of methoxy groups -OCH3 is 1. The molecule has 17 heavy (non-hydrogen) atoms. The van der Waals surface area contributed by atoms with Gasteiger partial charge in [-0.15, -0.1) is 11.6 Å². The number of hydrogen-bond donors (Lipinski definition) is 2. The first-order valence-electron chi connectivity index (χ1n) is 5.46. The number of alkyl halides is 1. The predicted molar refractivity (Wildman–Crippen MR) is 64.1 cm³/mol. The minimum Gasteiger partial charge on any atom is -0.452 e. The lowest BCUT2D eigenvalue weighted by Gasteiger charge is -2.20. The largest absolute Gasteiger partial charge is 0.452 e. The number of halogens is 1. The van der Waals surface area contributed by atoms with Gasteiger partial charge in [0.2, 0.25) is 0 Å². The fourth-order valence-corrected chi connectivity index (χ4v) is 3.24. The Morgan fingerprint density at radius 2 is 1.94 bits per heavy atom. The highest BCUT2D eigenvalue weighted by atomic mass is 35.5. The van der Waals surface area contributed by atoms with Crippen LogP contribution in [0.5, 0.6) is 0 Å². The maximum atomic E-state index is 11.5. The summed E-state index contributed by atoms with van der Waals surface area (Å²) in [6.45, 7) is 0. The Hall–Kier alpha value is -0.530. The third-order valence-corrected chi connectivity index (χ3v) is 4.21. The van der Waals surface area contributed by atoms with Crippen molar-refractivity contribution in [2.24, 2.45) is 0 Å². The van der Waals surface area contributed by atoms with Crippen LogP contribution in [0.3, 0.4) is 0 Å². The molecule has 0 heterocycles. The summed E-state index contributed by atoms with van der Waals surface area (Å²) in [5, 5.41) is -0.244. The molecule has 1 aliphatic rings. The van der Waals surface area contributed by atoms with Gasteiger partial charge in [-0.25, -0.2) is 9.52 Å². The van der Waals surface area contributed by atoms with Crippen molar-refractivity contribution in [3.63, 3.8) is 0 Å². The van der Waals surface area contributed by atoms with Crippen LogP contribution < -0.4 is 9.44 Å². The lowest BCUT2D eigenvalue weighted by molar-refractivity contribution is 0.177. The summed E-state index contributed by atoms with van der Waals surface area (Å²) in [4.78, 5) is 10.8. The molecule has 1 aliphatic carbocycles. The smallest absolute Gasteiger partial charge is 0.421 e. The molecule has 0 aliphatic heterocycles. The van der Waals surface area contributed by atoms with E-state index in [9.17, 15) is 13.2 Å². The van der Waals surface area contributed by atoms with Crippen LogP contribution in [0, 0.1) is 0 Å². The molecule has 1 fully saturated rings. The van der Waals surface area contributed by atoms with Crippen molar-refractivity contribution in [1.29, 1.82) is 0 Å². The van der Waals surface area contributed by atoms with E-state index in [1.54, 1.807) is 4.72 Å². The van der Waals surface area contributed by atoms with Crippen LogP contribution in [-0.4, -0.2) is 33.0 Å². The first-order valence-corrected chi connectivity index (χ1v) is 7.38. The van der Waals surface area contributed by atoms with Crippen LogP contribution in [-0.2, 0) is 14.9 Å². The third kappa shape index (κ3) is 5.10. The number of carbonyl (C=O) groups excluding carboxylic acids is 1. The van der Waals surface area contributed by atoms with Gasteiger partial charge in [-0.05, 0) is 12.8 Å². The average Bonchev–Trinajstić information content (AvgIpc) is 2.43. The predicted octanol–water partition coefficient (Wildman–Crippen LogP) is 1.12. The number of nitrogens with one attached hydrogen (secondary N) is 2. The molecule has 6 nitrogen and oxygen atoms in total. The number of ether oxygens (including phenoxy) is 1. The second kappa shape index (κ2) is 6.42. The molecule has 1 amide bonds. The van der Waals surface area contributed by atoms with Crippen molar-refractivity contribution >= 4 is 27.9 Å². The molecule has 1 rings (SSSR count). The summed E-state index contributed by atoms with van der Waals surface area (Å²) in [6, 6.07) is -0.346. The molecule has 1 saturated carbocycles. The molecule has 0 radical (unpaired) electrons. The van der Waals surface area contributed by atoms with Gasteiger partial charge in [0, 0.05) is 6.04 Å². The molecule has 8 heteroatoms. The summed E-state index contributed by atoms with van der Waals surface area (Å²) in [5.41, 5.74) is 0. The zero-order valence-electron chi connectivity index (χ0n) is 9.61. The highest BCUT2D eigenvalue weighted by molar-refractivity contribution is 7.88. The van der Waals surface area contributed by atoms with E-state index in [-0.39, 0.29) is 11.4 Å². The van der Waals surface area contributed by atoms with Crippen LogP contribution in [0.25, 0.3) is 0 Å². The molecule has 0 saturated heterocycles. The molecule has 2 unspecified atom stereocenters. The average molecular weight is 285 g/mol. The van der Waals surface area contributed by atoms with E-state index in [0.717, 1.165) is 32.8 Å². The Kier molecular flexibility index (Phi) is 5.48. The summed E-state index contributed by atoms with van der Waals surface area (Å²) in [5.74, 6) is 0. The lowest BCUT2D eigenvalue weighted by Crippen LogP contribution is -2.47. The molecule has 0 aromatic heterocycles. The van der Waals surface area contributed by atoms with E-state index in [4.69, 9.17) is 11.6 Å². The Labute approximate surface area is 106 Å². The first kappa shape index (κ1) is 14.5. The molecule has 0 aromatic carbocycles. The molecule has 100 valence electrons. The molecule has 2 atom stereocenters. The summed E-state index contributed by atoms with van der Waals surface area (Å²) >= 11 is 6.09. The SMILES string of the molecule is COC(=O)NS(=O)(=O)NC1CCCCCC1Cl. The summed E-state index contributed by atoms with van der Waals surface area (Å²) in [6.07, 6.45) is 3.40. The van der Waals surface area contributed by atoms with Crippen molar-refractivity contribution in [2.45, 2.75) is 43.5 Å². The maximum absolute atomic E-state index is 11.5. The standard InChI is InChI=1S/C9H17ClN2O4S/c1-16-9(13)12-17(14,15)11-8-6-4-2-3-5-7(8)10/h7-8,11H,2-6H2,1H3,(H,12,13). The Morgan fingerprint density at radius 3 is 2.59 bits per heavy atom. The minimum atomic E-state index is -3.90. The van der Waals surface area contributed by atoms with Gasteiger partial charge in [0.25, 0.3) is 0 Å². The Bertz CT molecular complexity index is 360. The zero-order chi connectivity index (χ0) is 12.9. The van der Waals surface area contributed by atoms with E-state index in [1.807, 2.05) is 0 Å². The van der Waals surface area contributed by atoms with Crippen molar-refractivity contribution in [3.05, 3.63) is 0 Å². The van der Waals surface area contributed by atoms with Gasteiger partial charge in [0.15, 0.2) is 0 Å². The Balaban J connectivity index is 2.58. The van der Waals surface area contributed by atoms with Crippen molar-refractivity contribution in [3.8, 4) is 0 Å². The van der Waals surface area contributed by atoms with Crippen LogP contribution in [0.4, 0.5) is 4.79 Å². The van der Waals surface area contributed by atoms with Gasteiger partial charge in [-0.3, -0.25) is 0 Å². The lowest BCUT2D eigenvalue weighted by atomic mass is 10.1. The van der Waals surface area contributed by atoms with Crippen LogP contribution in [0.1, 0.15) is 32.1 Å². The minimum absolute atomic E-state index is 0.244. The molecule has 2 N–H and O–H groups in total. The third-order valence-electron chi connectivity index (χ3n) is 2.64. The topological polar surface area (TPSA) is 84.5 Å². The van der Waals surface area contributed by atoms with Gasteiger partial charge in [0.05, 0.1) is 12.5 Å². The highest BCUT2D eigenvalue weighted by Crippen LogP contribution is 2.22. The van der Waals surface area contributed by atoms with E-state index in [2.05, 4.69) is 9.46 Å². The molecule has 0 aromatic rings.